The number of unbranched alkanes of at least 4 members (excludes halogenated alkanes) is 1. The van der Waals surface area contributed by atoms with Gasteiger partial charge >= 0.3 is 0 Å². The summed E-state index contributed by atoms with van der Waals surface area (Å²) < 4.78 is 32.4. The first kappa shape index (κ1) is 28.2. The number of aromatic nitrogens is 1. The van der Waals surface area contributed by atoms with E-state index in [-0.39, 0.29) is 29.0 Å². The number of fused-ring (bicyclic) bond motifs is 1. The molecular formula is C28H27N3O6S2. The molecule has 0 aliphatic carbocycles. The fourth-order valence-electron chi connectivity index (χ4n) is 3.92. The van der Waals surface area contributed by atoms with Crippen molar-refractivity contribution < 1.29 is 28.2 Å². The van der Waals surface area contributed by atoms with Gasteiger partial charge in [-0.1, -0.05) is 36.8 Å². The number of carbonyl (C=O) groups excluding carboxylic acids is 1. The largest absolute Gasteiger partial charge is 0.476 e. The van der Waals surface area contributed by atoms with Crippen molar-refractivity contribution in [1.29, 1.82) is 5.26 Å². The lowest BCUT2D eigenvalue weighted by atomic mass is 10.1. The van der Waals surface area contributed by atoms with Crippen molar-refractivity contribution in [3.63, 3.8) is 0 Å². The molecule has 0 radical (unpaired) electrons. The summed E-state index contributed by atoms with van der Waals surface area (Å²) in [6.07, 6.45) is 0.0200. The molecule has 3 aromatic carbocycles. The highest BCUT2D eigenvalue weighted by Gasteiger charge is 2.26. The van der Waals surface area contributed by atoms with Crippen LogP contribution in [0.4, 0.5) is 5.13 Å². The fourth-order valence-corrected chi connectivity index (χ4v) is 6.34. The van der Waals surface area contributed by atoms with Crippen LogP contribution in [0.3, 0.4) is 0 Å². The monoisotopic (exact) mass is 565 g/mol. The van der Waals surface area contributed by atoms with Gasteiger partial charge in [0.2, 0.25) is 6.10 Å². The average molecular weight is 566 g/mol. The molecule has 0 aliphatic heterocycles. The van der Waals surface area contributed by atoms with Crippen molar-refractivity contribution >= 4 is 42.4 Å². The zero-order valence-corrected chi connectivity index (χ0v) is 22.8. The SMILES string of the molecule is CCCCS(=O)(=O)c1cccc(C(Oc2ccc(C#N)cc2)C(=O)Nc2nc3cc(CO)c(CO)cc3s2)c1. The third-order valence-electron chi connectivity index (χ3n) is 6.04. The van der Waals surface area contributed by atoms with Crippen molar-refractivity contribution in [3.05, 3.63) is 82.9 Å². The van der Waals surface area contributed by atoms with Crippen LogP contribution in [0.5, 0.6) is 5.75 Å². The van der Waals surface area contributed by atoms with Gasteiger partial charge in [0.05, 0.1) is 45.7 Å². The topological polar surface area (TPSA) is 150 Å². The van der Waals surface area contributed by atoms with Gasteiger partial charge in [-0.25, -0.2) is 13.4 Å². The minimum absolute atomic E-state index is 0.00233. The number of aliphatic hydroxyl groups is 2. The Hall–Kier alpha value is -3.82. The van der Waals surface area contributed by atoms with E-state index in [4.69, 9.17) is 10.00 Å². The maximum Gasteiger partial charge on any atom is 0.271 e. The van der Waals surface area contributed by atoms with E-state index in [0.29, 0.717) is 44.6 Å². The molecule has 4 aromatic rings. The molecule has 39 heavy (non-hydrogen) atoms. The summed E-state index contributed by atoms with van der Waals surface area (Å²) in [5.74, 6) is -0.262. The molecule has 1 heterocycles. The molecule has 1 unspecified atom stereocenters. The predicted molar refractivity (Wildman–Crippen MR) is 148 cm³/mol. The van der Waals surface area contributed by atoms with Gasteiger partial charge in [0, 0.05) is 5.56 Å². The van der Waals surface area contributed by atoms with Crippen LogP contribution < -0.4 is 10.1 Å². The normalized spacial score (nSPS) is 12.2. The zero-order valence-electron chi connectivity index (χ0n) is 21.1. The van der Waals surface area contributed by atoms with E-state index in [1.54, 1.807) is 48.5 Å². The first-order valence-electron chi connectivity index (χ1n) is 12.2. The summed E-state index contributed by atoms with van der Waals surface area (Å²) in [6.45, 7) is 1.40. The number of rotatable bonds is 11. The van der Waals surface area contributed by atoms with Crippen LogP contribution in [0.2, 0.25) is 0 Å². The van der Waals surface area contributed by atoms with Crippen LogP contribution in [-0.4, -0.2) is 35.3 Å². The number of nitriles is 1. The van der Waals surface area contributed by atoms with Crippen LogP contribution >= 0.6 is 11.3 Å². The summed E-state index contributed by atoms with van der Waals surface area (Å²) in [6, 6.07) is 17.8. The third-order valence-corrected chi connectivity index (χ3v) is 8.77. The van der Waals surface area contributed by atoms with Gasteiger partial charge in [0.15, 0.2) is 15.0 Å². The Morgan fingerprint density at radius 1 is 1.10 bits per heavy atom. The van der Waals surface area contributed by atoms with Crippen molar-refractivity contribution in [2.45, 2.75) is 44.0 Å². The maximum atomic E-state index is 13.5. The molecule has 0 fully saturated rings. The molecule has 11 heteroatoms. The molecule has 1 aromatic heterocycles. The molecule has 1 amide bonds. The first-order valence-corrected chi connectivity index (χ1v) is 14.7. The Kier molecular flexibility index (Phi) is 8.93. The van der Waals surface area contributed by atoms with E-state index >= 15 is 0 Å². The summed E-state index contributed by atoms with van der Waals surface area (Å²) in [5.41, 5.74) is 2.41. The highest BCUT2D eigenvalue weighted by Crippen LogP contribution is 2.31. The smallest absolute Gasteiger partial charge is 0.271 e. The van der Waals surface area contributed by atoms with Gasteiger partial charge in [0.25, 0.3) is 5.91 Å². The number of amides is 1. The molecule has 202 valence electrons. The number of nitrogens with zero attached hydrogens (tertiary/aromatic N) is 2. The number of ether oxygens (including phenoxy) is 1. The molecule has 0 saturated heterocycles. The van der Waals surface area contributed by atoms with Crippen LogP contribution in [0.25, 0.3) is 10.2 Å². The Bertz CT molecular complexity index is 1580. The molecule has 0 spiro atoms. The third kappa shape index (κ3) is 6.61. The number of aliphatic hydroxyl groups excluding tert-OH is 2. The van der Waals surface area contributed by atoms with Gasteiger partial charge in [-0.05, 0) is 66.1 Å². The molecule has 9 nitrogen and oxygen atoms in total. The predicted octanol–water partition coefficient (Wildman–Crippen LogP) is 4.49. The highest BCUT2D eigenvalue weighted by molar-refractivity contribution is 7.91. The molecule has 4 rings (SSSR count). The van der Waals surface area contributed by atoms with Gasteiger partial charge in [-0.3, -0.25) is 10.1 Å². The van der Waals surface area contributed by atoms with Crippen molar-refractivity contribution in [2.24, 2.45) is 0 Å². The van der Waals surface area contributed by atoms with Gasteiger partial charge in [-0.2, -0.15) is 5.26 Å². The quantitative estimate of drug-likeness (QED) is 0.241. The second-order valence-electron chi connectivity index (χ2n) is 8.79. The number of anilines is 1. The van der Waals surface area contributed by atoms with Gasteiger partial charge in [0.1, 0.15) is 5.75 Å². The Morgan fingerprint density at radius 3 is 2.49 bits per heavy atom. The van der Waals surface area contributed by atoms with Crippen LogP contribution in [0.15, 0.2) is 65.6 Å². The van der Waals surface area contributed by atoms with E-state index in [0.717, 1.165) is 6.42 Å². The van der Waals surface area contributed by atoms with Crippen molar-refractivity contribution in [1.82, 2.24) is 4.98 Å². The summed E-state index contributed by atoms with van der Waals surface area (Å²) in [4.78, 5) is 18.1. The molecular weight excluding hydrogens is 538 g/mol. The van der Waals surface area contributed by atoms with Gasteiger partial charge in [-0.15, -0.1) is 0 Å². The molecule has 3 N–H and O–H groups in total. The van der Waals surface area contributed by atoms with E-state index in [1.807, 2.05) is 13.0 Å². The second-order valence-corrected chi connectivity index (χ2v) is 11.9. The maximum absolute atomic E-state index is 13.5. The van der Waals surface area contributed by atoms with E-state index < -0.39 is 21.8 Å². The van der Waals surface area contributed by atoms with E-state index in [1.165, 1.54) is 23.5 Å². The van der Waals surface area contributed by atoms with Crippen LogP contribution in [0.1, 0.15) is 48.1 Å². The Morgan fingerprint density at radius 2 is 1.82 bits per heavy atom. The summed E-state index contributed by atoms with van der Waals surface area (Å²) in [7, 11) is -3.55. The summed E-state index contributed by atoms with van der Waals surface area (Å²) in [5, 5.41) is 31.3. The molecule has 0 saturated carbocycles. The number of carbonyl (C=O) groups is 1. The Balaban J connectivity index is 1.68. The van der Waals surface area contributed by atoms with Crippen LogP contribution in [0, 0.1) is 11.3 Å². The number of hydrogen-bond donors (Lipinski definition) is 3. The fraction of sp³-hybridized carbons (Fsp3) is 0.250. The molecule has 0 bridgehead atoms. The number of benzene rings is 3. The van der Waals surface area contributed by atoms with Crippen LogP contribution in [-0.2, 0) is 27.8 Å². The second kappa shape index (κ2) is 12.4. The molecule has 1 atom stereocenters. The Labute approximate surface area is 230 Å². The lowest BCUT2D eigenvalue weighted by Crippen LogP contribution is -2.26. The average Bonchev–Trinajstić information content (AvgIpc) is 3.35. The lowest BCUT2D eigenvalue weighted by molar-refractivity contribution is -0.123. The zero-order chi connectivity index (χ0) is 28.0. The number of hydrogen-bond acceptors (Lipinski definition) is 9. The van der Waals surface area contributed by atoms with Gasteiger partial charge < -0.3 is 14.9 Å². The standard InChI is InChI=1S/C28H27N3O6S2/c1-2-3-11-39(35,36)23-6-4-5-19(12-23)26(37-22-9-7-18(15-29)8-10-22)27(34)31-28-30-24-13-20(16-32)21(17-33)14-25(24)38-28/h4-10,12-14,26,32-33H,2-3,11,16-17H2,1H3,(H,30,31,34). The van der Waals surface area contributed by atoms with E-state index in [9.17, 15) is 23.4 Å². The highest BCUT2D eigenvalue weighted by atomic mass is 32.2. The number of nitrogens with one attached hydrogen (secondary N) is 1. The summed E-state index contributed by atoms with van der Waals surface area (Å²) >= 11 is 1.19. The van der Waals surface area contributed by atoms with Crippen molar-refractivity contribution in [3.8, 4) is 11.8 Å². The van der Waals surface area contributed by atoms with Crippen molar-refractivity contribution in [2.75, 3.05) is 11.1 Å². The minimum atomic E-state index is -3.55. The minimum Gasteiger partial charge on any atom is -0.476 e. The number of sulfone groups is 1. The number of thiazole rings is 1. The first-order chi connectivity index (χ1) is 18.8. The molecule has 0 aliphatic rings. The van der Waals surface area contributed by atoms with E-state index in [2.05, 4.69) is 10.3 Å². The lowest BCUT2D eigenvalue weighted by Gasteiger charge is -2.19.